The summed E-state index contributed by atoms with van der Waals surface area (Å²) in [7, 11) is 0. The maximum Gasteiger partial charge on any atom is 0.427 e. The van der Waals surface area contributed by atoms with Crippen LogP contribution in [0.2, 0.25) is 15.1 Å². The van der Waals surface area contributed by atoms with Crippen LogP contribution >= 0.6 is 34.8 Å². The van der Waals surface area contributed by atoms with Gasteiger partial charge in [0.15, 0.2) is 0 Å². The Kier molecular flexibility index (Phi) is 5.25. The van der Waals surface area contributed by atoms with Crippen LogP contribution in [0.15, 0.2) is 92.8 Å². The van der Waals surface area contributed by atoms with Gasteiger partial charge < -0.3 is 13.9 Å². The fraction of sp³-hybridized carbons (Fsp3) is 0.0769. The molecule has 1 aliphatic carbocycles. The minimum Gasteiger partial charge on any atom is -0.456 e. The van der Waals surface area contributed by atoms with Crippen LogP contribution in [-0.4, -0.2) is 4.57 Å². The highest BCUT2D eigenvalue weighted by Gasteiger charge is 2.43. The number of fused-ring (bicyclic) bond motifs is 6. The van der Waals surface area contributed by atoms with Crippen LogP contribution in [0.5, 0.6) is 5.75 Å². The van der Waals surface area contributed by atoms with E-state index in [1.165, 1.54) is 12.1 Å². The molecule has 0 N–H and O–H groups in total. The van der Waals surface area contributed by atoms with Gasteiger partial charge >= 0.3 is 5.76 Å². The highest BCUT2D eigenvalue weighted by atomic mass is 35.5. The van der Waals surface area contributed by atoms with Crippen molar-refractivity contribution in [3.8, 4) is 22.8 Å². The van der Waals surface area contributed by atoms with Gasteiger partial charge in [-0.15, -0.1) is 0 Å². The van der Waals surface area contributed by atoms with Crippen molar-refractivity contribution in [2.75, 3.05) is 0 Å². The van der Waals surface area contributed by atoms with Crippen molar-refractivity contribution in [3.05, 3.63) is 126 Å². The maximum atomic E-state index is 13.8. The minimum atomic E-state index is -0.857. The molecule has 0 bridgehead atoms. The third-order valence-corrected chi connectivity index (χ3v) is 6.72. The van der Waals surface area contributed by atoms with E-state index in [-0.39, 0.29) is 28.0 Å². The van der Waals surface area contributed by atoms with Crippen molar-refractivity contribution < 1.29 is 13.9 Å². The molecule has 6 rings (SSSR count). The van der Waals surface area contributed by atoms with Crippen LogP contribution in [0.25, 0.3) is 17.0 Å². The molecule has 2 aliphatic rings. The molecule has 0 fully saturated rings. The minimum absolute atomic E-state index is 0.141. The summed E-state index contributed by atoms with van der Waals surface area (Å²) in [5.41, 5.74) is 1.25. The van der Waals surface area contributed by atoms with Gasteiger partial charge in [-0.25, -0.2) is 9.36 Å². The Hall–Kier alpha value is -3.45. The van der Waals surface area contributed by atoms with E-state index in [0.29, 0.717) is 21.4 Å². The predicted molar refractivity (Wildman–Crippen MR) is 133 cm³/mol. The number of aromatic nitrogens is 1. The summed E-state index contributed by atoms with van der Waals surface area (Å²) in [5.74, 6) is -0.526. The van der Waals surface area contributed by atoms with E-state index in [1.54, 1.807) is 48.5 Å². The SMILES string of the molecule is O=c1oc2c(c(=O)n1-c1ccc(Cl)cc1Cl)C1C=C(Oc3cccc(Cl)c3)OC1c1ccccc1-2. The second kappa shape index (κ2) is 8.34. The van der Waals surface area contributed by atoms with Crippen molar-refractivity contribution in [2.24, 2.45) is 0 Å². The predicted octanol–water partition coefficient (Wildman–Crippen LogP) is 6.51. The topological polar surface area (TPSA) is 70.7 Å². The first-order valence-corrected chi connectivity index (χ1v) is 11.7. The Labute approximate surface area is 213 Å². The van der Waals surface area contributed by atoms with Gasteiger partial charge in [0.25, 0.3) is 11.5 Å². The number of rotatable bonds is 3. The normalized spacial score (nSPS) is 17.6. The summed E-state index contributed by atoms with van der Waals surface area (Å²) >= 11 is 18.4. The van der Waals surface area contributed by atoms with Gasteiger partial charge in [-0.05, 0) is 36.4 Å². The zero-order valence-corrected chi connectivity index (χ0v) is 20.0. The lowest BCUT2D eigenvalue weighted by atomic mass is 9.81. The second-order valence-corrected chi connectivity index (χ2v) is 9.32. The van der Waals surface area contributed by atoms with Gasteiger partial charge in [-0.1, -0.05) is 65.1 Å². The van der Waals surface area contributed by atoms with Gasteiger partial charge in [-0.2, -0.15) is 0 Å². The van der Waals surface area contributed by atoms with E-state index in [1.807, 2.05) is 12.1 Å². The van der Waals surface area contributed by atoms with Gasteiger partial charge in [0, 0.05) is 27.2 Å². The highest BCUT2D eigenvalue weighted by Crippen LogP contribution is 2.51. The molecule has 9 heteroatoms. The average molecular weight is 527 g/mol. The van der Waals surface area contributed by atoms with Crippen LogP contribution in [0.4, 0.5) is 0 Å². The average Bonchev–Trinajstić information content (AvgIpc) is 3.24. The fourth-order valence-corrected chi connectivity index (χ4v) is 5.15. The van der Waals surface area contributed by atoms with E-state index in [2.05, 4.69) is 0 Å². The molecule has 174 valence electrons. The van der Waals surface area contributed by atoms with Crippen LogP contribution in [0.3, 0.4) is 0 Å². The first-order chi connectivity index (χ1) is 16.9. The van der Waals surface area contributed by atoms with Gasteiger partial charge in [0.2, 0.25) is 0 Å². The Morgan fingerprint density at radius 3 is 2.49 bits per heavy atom. The first-order valence-electron chi connectivity index (χ1n) is 10.6. The number of hydrogen-bond acceptors (Lipinski definition) is 5. The van der Waals surface area contributed by atoms with E-state index in [4.69, 9.17) is 48.7 Å². The lowest BCUT2D eigenvalue weighted by Crippen LogP contribution is -2.37. The van der Waals surface area contributed by atoms with E-state index >= 15 is 0 Å². The summed E-state index contributed by atoms with van der Waals surface area (Å²) in [6.45, 7) is 0. The van der Waals surface area contributed by atoms with Crippen LogP contribution in [0, 0.1) is 0 Å². The number of halogens is 3. The molecule has 6 nitrogen and oxygen atoms in total. The molecule has 0 saturated heterocycles. The van der Waals surface area contributed by atoms with Crippen LogP contribution in [-0.2, 0) is 4.74 Å². The van der Waals surface area contributed by atoms with Crippen molar-refractivity contribution in [3.63, 3.8) is 0 Å². The molecule has 0 saturated carbocycles. The Bertz CT molecular complexity index is 1660. The van der Waals surface area contributed by atoms with E-state index < -0.39 is 23.3 Å². The third kappa shape index (κ3) is 3.65. The molecular weight excluding hydrogens is 513 g/mol. The summed E-state index contributed by atoms with van der Waals surface area (Å²) < 4.78 is 18.7. The van der Waals surface area contributed by atoms with Gasteiger partial charge in [0.1, 0.15) is 17.6 Å². The molecule has 4 aromatic rings. The largest absolute Gasteiger partial charge is 0.456 e. The number of hydrogen-bond donors (Lipinski definition) is 0. The first kappa shape index (κ1) is 22.0. The molecule has 0 spiro atoms. The highest BCUT2D eigenvalue weighted by molar-refractivity contribution is 6.35. The maximum absolute atomic E-state index is 13.8. The van der Waals surface area contributed by atoms with Crippen molar-refractivity contribution in [2.45, 2.75) is 12.0 Å². The lowest BCUT2D eigenvalue weighted by Gasteiger charge is -2.28. The fourth-order valence-electron chi connectivity index (χ4n) is 4.47. The molecule has 2 atom stereocenters. The second-order valence-electron chi connectivity index (χ2n) is 8.04. The summed E-state index contributed by atoms with van der Waals surface area (Å²) in [6.07, 6.45) is 1.15. The lowest BCUT2D eigenvalue weighted by molar-refractivity contribution is 0.0599. The van der Waals surface area contributed by atoms with Gasteiger partial charge in [0.05, 0.1) is 22.2 Å². The number of nitrogens with zero attached hydrogens (tertiary/aromatic N) is 1. The molecule has 35 heavy (non-hydrogen) atoms. The Balaban J connectivity index is 1.55. The number of ether oxygens (including phenoxy) is 2. The summed E-state index contributed by atoms with van der Waals surface area (Å²) in [6, 6.07) is 18.7. The van der Waals surface area contributed by atoms with Gasteiger partial charge in [-0.3, -0.25) is 4.79 Å². The van der Waals surface area contributed by atoms with E-state index in [9.17, 15) is 9.59 Å². The third-order valence-electron chi connectivity index (χ3n) is 5.95. The zero-order chi connectivity index (χ0) is 24.3. The molecule has 0 radical (unpaired) electrons. The molecular formula is C26H14Cl3NO5. The molecule has 2 heterocycles. The number of benzene rings is 3. The standard InChI is InChI=1S/C26H14Cl3NO5/c27-13-4-3-5-15(10-13)33-21-12-18-22-24(17-7-2-1-6-16(17)23(18)34-21)35-26(32)30(25(22)31)20-9-8-14(28)11-19(20)29/h1-12,18,23H. The molecule has 2 unspecified atom stereocenters. The quantitative estimate of drug-likeness (QED) is 0.304. The molecule has 1 aliphatic heterocycles. The smallest absolute Gasteiger partial charge is 0.427 e. The van der Waals surface area contributed by atoms with Crippen molar-refractivity contribution >= 4 is 34.8 Å². The Morgan fingerprint density at radius 2 is 1.69 bits per heavy atom. The summed E-state index contributed by atoms with van der Waals surface area (Å²) in [5, 5.41) is 1.03. The van der Waals surface area contributed by atoms with Crippen LogP contribution in [0.1, 0.15) is 23.1 Å². The monoisotopic (exact) mass is 525 g/mol. The van der Waals surface area contributed by atoms with E-state index in [0.717, 1.165) is 10.1 Å². The van der Waals surface area contributed by atoms with Crippen molar-refractivity contribution in [1.29, 1.82) is 0 Å². The molecule has 1 aromatic heterocycles. The summed E-state index contributed by atoms with van der Waals surface area (Å²) in [4.78, 5) is 26.8. The molecule has 0 amide bonds. The van der Waals surface area contributed by atoms with Crippen LogP contribution < -0.4 is 16.1 Å². The van der Waals surface area contributed by atoms with Crippen molar-refractivity contribution in [1.82, 2.24) is 4.57 Å². The Morgan fingerprint density at radius 1 is 0.886 bits per heavy atom. The molecule has 3 aromatic carbocycles. The zero-order valence-electron chi connectivity index (χ0n) is 17.7.